The normalized spacial score (nSPS) is 24.4. The summed E-state index contributed by atoms with van der Waals surface area (Å²) in [4.78, 5) is 33.7. The highest BCUT2D eigenvalue weighted by Crippen LogP contribution is 2.36. The van der Waals surface area contributed by atoms with Gasteiger partial charge in [-0.1, -0.05) is 0 Å². The molecule has 1 amide bonds. The van der Waals surface area contributed by atoms with Crippen molar-refractivity contribution in [3.8, 4) is 5.75 Å². The quantitative estimate of drug-likeness (QED) is 0.695. The highest BCUT2D eigenvalue weighted by atomic mass is 19.4. The Kier molecular flexibility index (Phi) is 5.85. The number of hydrogen-bond acceptors (Lipinski definition) is 7. The molecule has 5 rings (SSSR count). The maximum Gasteiger partial charge on any atom is 0.433 e. The SMILES string of the molecule is O=C1CCN(C(=O)[C@@H]2C[C@H](N3CCN(c4cc(C(F)(F)F)nc5ccc(O)cc45)CC3)CN2)C1. The first-order valence-electron chi connectivity index (χ1n) is 11.4. The van der Waals surface area contributed by atoms with E-state index < -0.39 is 11.9 Å². The maximum absolute atomic E-state index is 13.4. The number of nitrogens with zero attached hydrogens (tertiary/aromatic N) is 4. The van der Waals surface area contributed by atoms with E-state index in [-0.39, 0.29) is 41.6 Å². The molecule has 2 N–H and O–H groups in total. The van der Waals surface area contributed by atoms with Gasteiger partial charge in [0.1, 0.15) is 11.4 Å². The van der Waals surface area contributed by atoms with Crippen molar-refractivity contribution in [3.63, 3.8) is 0 Å². The van der Waals surface area contributed by atoms with Gasteiger partial charge in [0.2, 0.25) is 5.91 Å². The van der Waals surface area contributed by atoms with Gasteiger partial charge in [0.15, 0.2) is 5.78 Å². The topological polar surface area (TPSA) is 89.0 Å². The molecule has 1 aromatic carbocycles. The summed E-state index contributed by atoms with van der Waals surface area (Å²) in [6, 6.07) is 5.08. The van der Waals surface area contributed by atoms with E-state index in [1.54, 1.807) is 4.90 Å². The Hall–Kier alpha value is -2.92. The molecule has 2 aromatic rings. The van der Waals surface area contributed by atoms with Crippen LogP contribution >= 0.6 is 0 Å². The Morgan fingerprint density at radius 2 is 1.88 bits per heavy atom. The minimum atomic E-state index is -4.57. The number of amides is 1. The van der Waals surface area contributed by atoms with Gasteiger partial charge in [0.05, 0.1) is 18.1 Å². The number of benzene rings is 1. The van der Waals surface area contributed by atoms with Crippen molar-refractivity contribution in [2.75, 3.05) is 50.7 Å². The van der Waals surface area contributed by atoms with E-state index in [1.165, 1.54) is 18.2 Å². The van der Waals surface area contributed by atoms with Crippen LogP contribution in [0.15, 0.2) is 24.3 Å². The number of aromatic hydroxyl groups is 1. The van der Waals surface area contributed by atoms with Crippen LogP contribution in [0.1, 0.15) is 18.5 Å². The minimum Gasteiger partial charge on any atom is -0.508 e. The maximum atomic E-state index is 13.4. The van der Waals surface area contributed by atoms with Crippen molar-refractivity contribution in [2.24, 2.45) is 0 Å². The fraction of sp³-hybridized carbons (Fsp3) is 0.522. The Balaban J connectivity index is 1.27. The number of carbonyl (C=O) groups is 2. The van der Waals surface area contributed by atoms with Crippen molar-refractivity contribution in [3.05, 3.63) is 30.0 Å². The van der Waals surface area contributed by atoms with E-state index in [4.69, 9.17) is 0 Å². The first-order chi connectivity index (χ1) is 16.2. The number of aromatic nitrogens is 1. The molecule has 34 heavy (non-hydrogen) atoms. The molecule has 3 aliphatic heterocycles. The van der Waals surface area contributed by atoms with Crippen molar-refractivity contribution in [2.45, 2.75) is 31.1 Å². The third-order valence-electron chi connectivity index (χ3n) is 6.98. The fourth-order valence-corrected chi connectivity index (χ4v) is 5.15. The van der Waals surface area contributed by atoms with E-state index in [9.17, 15) is 27.9 Å². The number of alkyl halides is 3. The molecule has 182 valence electrons. The summed E-state index contributed by atoms with van der Waals surface area (Å²) in [5.74, 6) is 0.0285. The molecular weight excluding hydrogens is 451 g/mol. The summed E-state index contributed by atoms with van der Waals surface area (Å²) < 4.78 is 40.3. The van der Waals surface area contributed by atoms with Crippen LogP contribution in [0.2, 0.25) is 0 Å². The molecule has 0 spiro atoms. The van der Waals surface area contributed by atoms with Crippen LogP contribution in [0.5, 0.6) is 5.75 Å². The number of anilines is 1. The summed E-state index contributed by atoms with van der Waals surface area (Å²) in [5.41, 5.74) is -0.360. The molecule has 4 heterocycles. The summed E-state index contributed by atoms with van der Waals surface area (Å²) in [6.07, 6.45) is -3.51. The Bertz CT molecular complexity index is 1120. The lowest BCUT2D eigenvalue weighted by molar-refractivity contribution is -0.141. The summed E-state index contributed by atoms with van der Waals surface area (Å²) in [7, 11) is 0. The van der Waals surface area contributed by atoms with Gasteiger partial charge in [-0.2, -0.15) is 13.2 Å². The predicted molar refractivity (Wildman–Crippen MR) is 119 cm³/mol. The third kappa shape index (κ3) is 4.41. The van der Waals surface area contributed by atoms with Crippen LogP contribution in [0.25, 0.3) is 10.9 Å². The molecule has 2 atom stereocenters. The third-order valence-corrected chi connectivity index (χ3v) is 6.98. The lowest BCUT2D eigenvalue weighted by Gasteiger charge is -2.39. The van der Waals surface area contributed by atoms with Crippen molar-refractivity contribution >= 4 is 28.3 Å². The molecule has 0 bridgehead atoms. The molecule has 0 aliphatic carbocycles. The smallest absolute Gasteiger partial charge is 0.433 e. The molecule has 3 aliphatic rings. The second kappa shape index (κ2) is 8.70. The summed E-state index contributed by atoms with van der Waals surface area (Å²) in [6.45, 7) is 3.63. The van der Waals surface area contributed by atoms with Gasteiger partial charge in [-0.05, 0) is 30.7 Å². The molecule has 3 fully saturated rings. The first-order valence-corrected chi connectivity index (χ1v) is 11.4. The number of phenolic OH excluding ortho intramolecular Hbond substituents is 1. The van der Waals surface area contributed by atoms with E-state index in [0.29, 0.717) is 63.2 Å². The van der Waals surface area contributed by atoms with Crippen molar-refractivity contribution in [1.82, 2.24) is 20.1 Å². The van der Waals surface area contributed by atoms with Crippen LogP contribution in [0.4, 0.5) is 18.9 Å². The first kappa shape index (κ1) is 22.9. The zero-order valence-electron chi connectivity index (χ0n) is 18.5. The second-order valence-electron chi connectivity index (χ2n) is 9.15. The molecule has 8 nitrogen and oxygen atoms in total. The Labute approximate surface area is 194 Å². The molecule has 3 saturated heterocycles. The predicted octanol–water partition coefficient (Wildman–Crippen LogP) is 1.61. The average Bonchev–Trinajstić information content (AvgIpc) is 3.47. The molecular formula is C23H26F3N5O3. The lowest BCUT2D eigenvalue weighted by Crippen LogP contribution is -2.51. The van der Waals surface area contributed by atoms with Gasteiger partial charge in [-0.3, -0.25) is 14.5 Å². The number of pyridine rings is 1. The summed E-state index contributed by atoms with van der Waals surface area (Å²) >= 11 is 0. The number of nitrogens with one attached hydrogen (secondary N) is 1. The van der Waals surface area contributed by atoms with Gasteiger partial charge in [0.25, 0.3) is 0 Å². The number of rotatable bonds is 3. The van der Waals surface area contributed by atoms with Gasteiger partial charge in [-0.25, -0.2) is 4.98 Å². The number of halogens is 3. The van der Waals surface area contributed by atoms with Crippen LogP contribution in [-0.2, 0) is 15.8 Å². The van der Waals surface area contributed by atoms with E-state index in [1.807, 2.05) is 4.90 Å². The van der Waals surface area contributed by atoms with Gasteiger partial charge in [-0.15, -0.1) is 0 Å². The molecule has 11 heteroatoms. The van der Waals surface area contributed by atoms with E-state index in [2.05, 4.69) is 15.2 Å². The largest absolute Gasteiger partial charge is 0.508 e. The van der Waals surface area contributed by atoms with E-state index in [0.717, 1.165) is 6.07 Å². The van der Waals surface area contributed by atoms with Crippen LogP contribution in [0, 0.1) is 0 Å². The number of fused-ring (bicyclic) bond motifs is 1. The number of ketones is 1. The number of likely N-dealkylation sites (tertiary alicyclic amines) is 1. The fourth-order valence-electron chi connectivity index (χ4n) is 5.15. The average molecular weight is 477 g/mol. The lowest BCUT2D eigenvalue weighted by atomic mass is 10.1. The van der Waals surface area contributed by atoms with Crippen molar-refractivity contribution in [1.29, 1.82) is 0 Å². The van der Waals surface area contributed by atoms with Gasteiger partial charge < -0.3 is 20.2 Å². The number of piperazine rings is 1. The standard InChI is InChI=1S/C23H26F3N5O3/c24-23(25,26)21-11-20(17-10-15(32)1-2-18(17)28-21)30-7-5-29(6-8-30)14-9-19(27-12-14)22(34)31-4-3-16(33)13-31/h1-2,10-11,14,19,27,32H,3-9,12-13H2/t14-,19-/m0/s1. The van der Waals surface area contributed by atoms with Crippen LogP contribution < -0.4 is 10.2 Å². The van der Waals surface area contributed by atoms with Gasteiger partial charge >= 0.3 is 6.18 Å². The highest BCUT2D eigenvalue weighted by molar-refractivity contribution is 5.93. The zero-order chi connectivity index (χ0) is 24.0. The molecule has 1 aromatic heterocycles. The number of hydrogen-bond donors (Lipinski definition) is 2. The molecule has 0 radical (unpaired) electrons. The number of phenols is 1. The monoisotopic (exact) mass is 477 g/mol. The number of Topliss-reactive ketones (excluding diaryl/α,β-unsaturated/α-hetero) is 1. The van der Waals surface area contributed by atoms with Gasteiger partial charge in [0, 0.05) is 62.8 Å². The highest BCUT2D eigenvalue weighted by Gasteiger charge is 2.38. The van der Waals surface area contributed by atoms with Crippen LogP contribution in [0.3, 0.4) is 0 Å². The minimum absolute atomic E-state index is 0.0265. The van der Waals surface area contributed by atoms with Crippen LogP contribution in [-0.4, -0.2) is 89.5 Å². The summed E-state index contributed by atoms with van der Waals surface area (Å²) in [5, 5.41) is 13.7. The molecule has 0 saturated carbocycles. The molecule has 0 unspecified atom stereocenters. The second-order valence-corrected chi connectivity index (χ2v) is 9.15. The zero-order valence-corrected chi connectivity index (χ0v) is 18.5. The van der Waals surface area contributed by atoms with E-state index >= 15 is 0 Å². The Morgan fingerprint density at radius 3 is 2.56 bits per heavy atom. The number of carbonyl (C=O) groups excluding carboxylic acids is 2. The van der Waals surface area contributed by atoms with Crippen molar-refractivity contribution < 1.29 is 27.9 Å². The Morgan fingerprint density at radius 1 is 1.12 bits per heavy atom.